The average molecular weight is 437 g/mol. The summed E-state index contributed by atoms with van der Waals surface area (Å²) < 4.78 is 1.28. The molecule has 29 heavy (non-hydrogen) atoms. The molecule has 7 heteroatoms. The SMILES string of the molecule is CC[N+](CC)(CC)CC.O=C(O)c1ccc(SSc2ccc(C(=O)O)cc2)cc1. The molecule has 0 spiro atoms. The van der Waals surface area contributed by atoms with E-state index < -0.39 is 11.9 Å². The number of benzene rings is 2. The average Bonchev–Trinajstić information content (AvgIpc) is 2.75. The molecule has 2 aromatic rings. The Balaban J connectivity index is 0.000000396. The quantitative estimate of drug-likeness (QED) is 0.384. The topological polar surface area (TPSA) is 74.6 Å². The molecule has 2 N–H and O–H groups in total. The summed E-state index contributed by atoms with van der Waals surface area (Å²) in [6, 6.07) is 13.2. The first kappa shape index (κ1) is 25.1. The van der Waals surface area contributed by atoms with Crippen LogP contribution in [-0.4, -0.2) is 52.8 Å². The summed E-state index contributed by atoms with van der Waals surface area (Å²) >= 11 is 0. The molecular formula is C22H30NO4S2+. The molecule has 2 rings (SSSR count). The van der Waals surface area contributed by atoms with Gasteiger partial charge in [0, 0.05) is 9.79 Å². The van der Waals surface area contributed by atoms with Crippen molar-refractivity contribution < 1.29 is 24.3 Å². The predicted molar refractivity (Wildman–Crippen MR) is 121 cm³/mol. The molecule has 0 unspecified atom stereocenters. The molecule has 0 aliphatic heterocycles. The van der Waals surface area contributed by atoms with Gasteiger partial charge >= 0.3 is 11.9 Å². The number of aromatic carboxylic acids is 2. The second-order valence-corrected chi connectivity index (χ2v) is 8.71. The fraction of sp³-hybridized carbons (Fsp3) is 0.364. The molecule has 0 fully saturated rings. The molecule has 0 bridgehead atoms. The minimum Gasteiger partial charge on any atom is -0.478 e. The zero-order valence-corrected chi connectivity index (χ0v) is 19.1. The Morgan fingerprint density at radius 1 is 0.655 bits per heavy atom. The molecule has 0 heterocycles. The van der Waals surface area contributed by atoms with E-state index in [4.69, 9.17) is 10.2 Å². The fourth-order valence-corrected chi connectivity index (χ4v) is 4.67. The summed E-state index contributed by atoms with van der Waals surface area (Å²) in [4.78, 5) is 23.3. The minimum atomic E-state index is -0.946. The second-order valence-electron chi connectivity index (χ2n) is 6.43. The number of carboxylic acids is 2. The summed E-state index contributed by atoms with van der Waals surface area (Å²) in [6.07, 6.45) is 0. The number of hydrogen-bond acceptors (Lipinski definition) is 4. The van der Waals surface area contributed by atoms with Crippen molar-refractivity contribution in [3.8, 4) is 0 Å². The largest absolute Gasteiger partial charge is 0.478 e. The molecular weight excluding hydrogens is 406 g/mol. The molecule has 0 atom stereocenters. The van der Waals surface area contributed by atoms with Crippen LogP contribution >= 0.6 is 21.6 Å². The smallest absolute Gasteiger partial charge is 0.335 e. The van der Waals surface area contributed by atoms with Gasteiger partial charge in [-0.2, -0.15) is 0 Å². The Morgan fingerprint density at radius 3 is 1.10 bits per heavy atom. The molecule has 0 aliphatic carbocycles. The Bertz CT molecular complexity index is 697. The minimum absolute atomic E-state index is 0.255. The van der Waals surface area contributed by atoms with E-state index in [0.717, 1.165) is 9.79 Å². The zero-order valence-electron chi connectivity index (χ0n) is 17.4. The number of quaternary nitrogens is 1. The van der Waals surface area contributed by atoms with Crippen LogP contribution in [0.3, 0.4) is 0 Å². The maximum absolute atomic E-state index is 10.7. The molecule has 158 valence electrons. The molecule has 0 aliphatic rings. The Labute approximate surface area is 181 Å². The van der Waals surface area contributed by atoms with Gasteiger partial charge in [-0.25, -0.2) is 9.59 Å². The monoisotopic (exact) mass is 436 g/mol. The van der Waals surface area contributed by atoms with Crippen molar-refractivity contribution >= 4 is 33.5 Å². The lowest BCUT2D eigenvalue weighted by molar-refractivity contribution is -0.921. The van der Waals surface area contributed by atoms with Crippen molar-refractivity contribution in [1.29, 1.82) is 0 Å². The molecule has 0 amide bonds. The van der Waals surface area contributed by atoms with Gasteiger partial charge in [-0.3, -0.25) is 0 Å². The van der Waals surface area contributed by atoms with Crippen LogP contribution in [0.15, 0.2) is 58.3 Å². The summed E-state index contributed by atoms with van der Waals surface area (Å²) in [7, 11) is 2.97. The van der Waals surface area contributed by atoms with Crippen molar-refractivity contribution in [3.63, 3.8) is 0 Å². The number of rotatable bonds is 9. The number of carboxylic acid groups (broad SMARTS) is 2. The van der Waals surface area contributed by atoms with Crippen LogP contribution in [0, 0.1) is 0 Å². The van der Waals surface area contributed by atoms with E-state index in [-0.39, 0.29) is 11.1 Å². The maximum atomic E-state index is 10.7. The van der Waals surface area contributed by atoms with Crippen LogP contribution in [0.1, 0.15) is 48.4 Å². The van der Waals surface area contributed by atoms with E-state index in [1.165, 1.54) is 52.2 Å². The highest BCUT2D eigenvalue weighted by molar-refractivity contribution is 8.76. The van der Waals surface area contributed by atoms with Crippen LogP contribution < -0.4 is 0 Å². The van der Waals surface area contributed by atoms with Crippen molar-refractivity contribution in [1.82, 2.24) is 0 Å². The lowest BCUT2D eigenvalue weighted by Crippen LogP contribution is -2.47. The van der Waals surface area contributed by atoms with Gasteiger partial charge in [0.2, 0.25) is 0 Å². The molecule has 0 radical (unpaired) electrons. The third-order valence-electron chi connectivity index (χ3n) is 5.12. The summed E-state index contributed by atoms with van der Waals surface area (Å²) in [6.45, 7) is 14.2. The van der Waals surface area contributed by atoms with Gasteiger partial charge in [-0.1, -0.05) is 21.6 Å². The fourth-order valence-electron chi connectivity index (χ4n) is 2.74. The lowest BCUT2D eigenvalue weighted by atomic mass is 10.2. The van der Waals surface area contributed by atoms with Crippen molar-refractivity contribution in [2.45, 2.75) is 37.5 Å². The summed E-state index contributed by atoms with van der Waals surface area (Å²) in [5, 5.41) is 17.6. The van der Waals surface area contributed by atoms with E-state index in [1.807, 2.05) is 0 Å². The number of hydrogen-bond donors (Lipinski definition) is 2. The van der Waals surface area contributed by atoms with Crippen LogP contribution in [-0.2, 0) is 0 Å². The number of nitrogens with zero attached hydrogens (tertiary/aromatic N) is 1. The Hall–Kier alpha value is -1.96. The molecule has 2 aromatic carbocycles. The highest BCUT2D eigenvalue weighted by Gasteiger charge is 2.16. The first-order valence-corrected chi connectivity index (χ1v) is 11.8. The summed E-state index contributed by atoms with van der Waals surface area (Å²) in [5.74, 6) is -1.89. The van der Waals surface area contributed by atoms with Gasteiger partial charge in [0.15, 0.2) is 0 Å². The van der Waals surface area contributed by atoms with E-state index in [0.29, 0.717) is 0 Å². The molecule has 0 saturated carbocycles. The second kappa shape index (κ2) is 12.6. The van der Waals surface area contributed by atoms with Gasteiger partial charge in [0.1, 0.15) is 0 Å². The Kier molecular flexibility index (Phi) is 10.9. The van der Waals surface area contributed by atoms with Gasteiger partial charge in [-0.05, 0) is 76.2 Å². The van der Waals surface area contributed by atoms with Crippen LogP contribution in [0.2, 0.25) is 0 Å². The van der Waals surface area contributed by atoms with E-state index in [9.17, 15) is 9.59 Å². The van der Waals surface area contributed by atoms with Gasteiger partial charge in [-0.15, -0.1) is 0 Å². The normalized spacial score (nSPS) is 10.8. The highest BCUT2D eigenvalue weighted by atomic mass is 33.1. The summed E-state index contributed by atoms with van der Waals surface area (Å²) in [5.41, 5.74) is 0.510. The predicted octanol–water partition coefficient (Wildman–Crippen LogP) is 5.77. The first-order valence-electron chi connectivity index (χ1n) is 9.67. The van der Waals surface area contributed by atoms with Crippen molar-refractivity contribution in [2.75, 3.05) is 26.2 Å². The lowest BCUT2D eigenvalue weighted by Gasteiger charge is -2.34. The van der Waals surface area contributed by atoms with E-state index in [1.54, 1.807) is 48.5 Å². The Morgan fingerprint density at radius 2 is 0.931 bits per heavy atom. The van der Waals surface area contributed by atoms with Crippen molar-refractivity contribution in [2.24, 2.45) is 0 Å². The zero-order chi connectivity index (χ0) is 21.9. The van der Waals surface area contributed by atoms with Crippen LogP contribution in [0.4, 0.5) is 0 Å². The van der Waals surface area contributed by atoms with E-state index in [2.05, 4.69) is 27.7 Å². The van der Waals surface area contributed by atoms with Crippen LogP contribution in [0.5, 0.6) is 0 Å². The van der Waals surface area contributed by atoms with E-state index >= 15 is 0 Å². The molecule has 5 nitrogen and oxygen atoms in total. The molecule has 0 saturated heterocycles. The third-order valence-corrected chi connectivity index (χ3v) is 7.54. The van der Waals surface area contributed by atoms with Crippen LogP contribution in [0.25, 0.3) is 0 Å². The standard InChI is InChI=1S/C14H10O4S2.C8H20N/c15-13(16)9-1-5-11(6-2-9)19-20-12-7-3-10(4-8-12)14(17)18;1-5-9(6-2,7-3)8-4/h1-8H,(H,15,16)(H,17,18);5-8H2,1-4H3/q;+1. The van der Waals surface area contributed by atoms with Gasteiger partial charge in [0.05, 0.1) is 37.3 Å². The third kappa shape index (κ3) is 8.12. The highest BCUT2D eigenvalue weighted by Crippen LogP contribution is 2.37. The van der Waals surface area contributed by atoms with Gasteiger partial charge < -0.3 is 14.7 Å². The number of carbonyl (C=O) groups is 2. The van der Waals surface area contributed by atoms with Gasteiger partial charge in [0.25, 0.3) is 0 Å². The van der Waals surface area contributed by atoms with Crippen molar-refractivity contribution in [3.05, 3.63) is 59.7 Å². The maximum Gasteiger partial charge on any atom is 0.335 e. The molecule has 0 aromatic heterocycles. The first-order chi connectivity index (χ1) is 13.8.